The average molecular weight is 486 g/mol. The quantitative estimate of drug-likeness (QED) is 0.387. The van der Waals surface area contributed by atoms with Crippen LogP contribution in [0.15, 0.2) is 53.7 Å². The first-order valence-electron chi connectivity index (χ1n) is 8.63. The van der Waals surface area contributed by atoms with Crippen molar-refractivity contribution in [3.05, 3.63) is 60.0 Å². The Labute approximate surface area is 175 Å². The lowest BCUT2D eigenvalue weighted by Gasteiger charge is -2.23. The van der Waals surface area contributed by atoms with E-state index in [4.69, 9.17) is 4.74 Å². The number of pyridine rings is 1. The van der Waals surface area contributed by atoms with Crippen LogP contribution in [-0.2, 0) is 0 Å². The van der Waals surface area contributed by atoms with Crippen molar-refractivity contribution in [3.63, 3.8) is 0 Å². The third-order valence-corrected chi connectivity index (χ3v) is 4.30. The number of likely N-dealkylation sites (tertiary alicyclic amines) is 1. The molecule has 1 aliphatic rings. The van der Waals surface area contributed by atoms with Crippen molar-refractivity contribution >= 4 is 29.9 Å². The number of aromatic nitrogens is 1. The molecule has 1 saturated heterocycles. The van der Waals surface area contributed by atoms with Crippen LogP contribution >= 0.6 is 24.0 Å². The van der Waals surface area contributed by atoms with E-state index < -0.39 is 11.9 Å². The van der Waals surface area contributed by atoms with E-state index in [0.29, 0.717) is 18.4 Å². The molecule has 1 aliphatic heterocycles. The standard InChI is InChI=1S/C19H23FN4O2.HI/c1-21-19(23-12-17(25)15-6-2-3-7-16(15)20)24-11-9-14(13-24)26-18-8-4-5-10-22-18;/h2-8,10,14,17,25H,9,11-13H2,1H3,(H,21,23);1H. The number of nitrogens with one attached hydrogen (secondary N) is 1. The summed E-state index contributed by atoms with van der Waals surface area (Å²) in [5.41, 5.74) is 0.272. The highest BCUT2D eigenvalue weighted by atomic mass is 127. The Morgan fingerprint density at radius 1 is 1.37 bits per heavy atom. The molecular weight excluding hydrogens is 462 g/mol. The fourth-order valence-electron chi connectivity index (χ4n) is 2.98. The van der Waals surface area contributed by atoms with E-state index in [1.54, 1.807) is 31.4 Å². The van der Waals surface area contributed by atoms with Gasteiger partial charge in [-0.25, -0.2) is 9.37 Å². The van der Waals surface area contributed by atoms with Gasteiger partial charge >= 0.3 is 0 Å². The van der Waals surface area contributed by atoms with Crippen LogP contribution in [0.1, 0.15) is 18.1 Å². The summed E-state index contributed by atoms with van der Waals surface area (Å²) in [5.74, 6) is 0.853. The summed E-state index contributed by atoms with van der Waals surface area (Å²) in [6.45, 7) is 1.63. The van der Waals surface area contributed by atoms with Crippen molar-refractivity contribution in [2.45, 2.75) is 18.6 Å². The zero-order valence-electron chi connectivity index (χ0n) is 15.1. The molecule has 1 aromatic carbocycles. The number of hydrogen-bond donors (Lipinski definition) is 2. The summed E-state index contributed by atoms with van der Waals surface area (Å²) in [5, 5.41) is 13.3. The van der Waals surface area contributed by atoms with Gasteiger partial charge < -0.3 is 20.1 Å². The molecule has 0 radical (unpaired) electrons. The average Bonchev–Trinajstić information content (AvgIpc) is 3.11. The normalized spacial score (nSPS) is 18.0. The van der Waals surface area contributed by atoms with E-state index in [1.165, 1.54) is 6.07 Å². The largest absolute Gasteiger partial charge is 0.472 e. The SMILES string of the molecule is CN=C(NCC(O)c1ccccc1F)N1CCC(Oc2ccccn2)C1.I. The second-order valence-electron chi connectivity index (χ2n) is 6.11. The van der Waals surface area contributed by atoms with Crippen LogP contribution < -0.4 is 10.1 Å². The molecule has 0 spiro atoms. The predicted molar refractivity (Wildman–Crippen MR) is 113 cm³/mol. The second-order valence-corrected chi connectivity index (χ2v) is 6.11. The molecule has 3 rings (SSSR count). The van der Waals surface area contributed by atoms with Crippen LogP contribution in [0.5, 0.6) is 5.88 Å². The van der Waals surface area contributed by atoms with E-state index in [-0.39, 0.29) is 42.2 Å². The molecule has 1 fully saturated rings. The fourth-order valence-corrected chi connectivity index (χ4v) is 2.98. The Morgan fingerprint density at radius 3 is 2.85 bits per heavy atom. The maximum Gasteiger partial charge on any atom is 0.213 e. The lowest BCUT2D eigenvalue weighted by molar-refractivity contribution is 0.174. The van der Waals surface area contributed by atoms with Crippen molar-refractivity contribution in [2.75, 3.05) is 26.7 Å². The van der Waals surface area contributed by atoms with E-state index in [1.807, 2.05) is 18.2 Å². The zero-order chi connectivity index (χ0) is 18.4. The van der Waals surface area contributed by atoms with Crippen LogP contribution in [0, 0.1) is 5.82 Å². The van der Waals surface area contributed by atoms with Crippen molar-refractivity contribution in [1.29, 1.82) is 0 Å². The van der Waals surface area contributed by atoms with Gasteiger partial charge in [0.1, 0.15) is 11.9 Å². The lowest BCUT2D eigenvalue weighted by atomic mass is 10.1. The van der Waals surface area contributed by atoms with Gasteiger partial charge in [0.15, 0.2) is 5.96 Å². The van der Waals surface area contributed by atoms with E-state index >= 15 is 0 Å². The van der Waals surface area contributed by atoms with Crippen LogP contribution in [-0.4, -0.2) is 53.7 Å². The highest BCUT2D eigenvalue weighted by Crippen LogP contribution is 2.18. The summed E-state index contributed by atoms with van der Waals surface area (Å²) in [6.07, 6.45) is 1.64. The third-order valence-electron chi connectivity index (χ3n) is 4.30. The van der Waals surface area contributed by atoms with Gasteiger partial charge in [0.25, 0.3) is 0 Å². The minimum Gasteiger partial charge on any atom is -0.472 e. The molecule has 0 bridgehead atoms. The van der Waals surface area contributed by atoms with Crippen LogP contribution in [0.2, 0.25) is 0 Å². The number of aliphatic hydroxyl groups excluding tert-OH is 1. The Hall–Kier alpha value is -1.94. The van der Waals surface area contributed by atoms with E-state index in [0.717, 1.165) is 13.0 Å². The zero-order valence-corrected chi connectivity index (χ0v) is 17.4. The van der Waals surface area contributed by atoms with Crippen molar-refractivity contribution in [1.82, 2.24) is 15.2 Å². The second kappa shape index (κ2) is 10.4. The van der Waals surface area contributed by atoms with Crippen LogP contribution in [0.25, 0.3) is 0 Å². The molecule has 1 aromatic heterocycles. The first-order chi connectivity index (χ1) is 12.7. The summed E-state index contributed by atoms with van der Waals surface area (Å²) in [7, 11) is 1.69. The number of aliphatic imine (C=N–C) groups is 1. The van der Waals surface area contributed by atoms with Crippen molar-refractivity contribution < 1.29 is 14.2 Å². The molecule has 0 amide bonds. The molecule has 6 nitrogen and oxygen atoms in total. The van der Waals surface area contributed by atoms with Crippen LogP contribution in [0.4, 0.5) is 4.39 Å². The van der Waals surface area contributed by atoms with Gasteiger partial charge in [-0.2, -0.15) is 0 Å². The van der Waals surface area contributed by atoms with Crippen LogP contribution in [0.3, 0.4) is 0 Å². The number of benzene rings is 1. The van der Waals surface area contributed by atoms with Crippen molar-refractivity contribution in [2.24, 2.45) is 4.99 Å². The van der Waals surface area contributed by atoms with Gasteiger partial charge in [-0.05, 0) is 12.1 Å². The van der Waals surface area contributed by atoms with Gasteiger partial charge in [0.2, 0.25) is 5.88 Å². The first kappa shape index (κ1) is 21.4. The molecule has 2 unspecified atom stereocenters. The molecule has 2 aromatic rings. The van der Waals surface area contributed by atoms with Gasteiger partial charge in [-0.1, -0.05) is 24.3 Å². The monoisotopic (exact) mass is 486 g/mol. The number of aliphatic hydroxyl groups is 1. The summed E-state index contributed by atoms with van der Waals surface area (Å²) >= 11 is 0. The van der Waals surface area contributed by atoms with Gasteiger partial charge in [0.05, 0.1) is 12.6 Å². The Morgan fingerprint density at radius 2 is 2.15 bits per heavy atom. The number of nitrogens with zero attached hydrogens (tertiary/aromatic N) is 3. The smallest absolute Gasteiger partial charge is 0.213 e. The maximum atomic E-state index is 13.8. The van der Waals surface area contributed by atoms with Gasteiger partial charge in [-0.15, -0.1) is 24.0 Å². The van der Waals surface area contributed by atoms with Gasteiger partial charge in [-0.3, -0.25) is 4.99 Å². The minimum absolute atomic E-state index is 0. The number of ether oxygens (including phenoxy) is 1. The summed E-state index contributed by atoms with van der Waals surface area (Å²) in [6, 6.07) is 11.8. The molecular formula is C19H24FIN4O2. The summed E-state index contributed by atoms with van der Waals surface area (Å²) in [4.78, 5) is 10.5. The molecule has 0 saturated carbocycles. The Bertz CT molecular complexity index is 747. The summed E-state index contributed by atoms with van der Waals surface area (Å²) < 4.78 is 19.6. The molecule has 2 heterocycles. The highest BCUT2D eigenvalue weighted by molar-refractivity contribution is 14.0. The lowest BCUT2D eigenvalue weighted by Crippen LogP contribution is -2.42. The third kappa shape index (κ3) is 5.77. The molecule has 2 atom stereocenters. The topological polar surface area (TPSA) is 70.0 Å². The van der Waals surface area contributed by atoms with E-state index in [2.05, 4.69) is 20.2 Å². The maximum absolute atomic E-state index is 13.8. The van der Waals surface area contributed by atoms with E-state index in [9.17, 15) is 9.50 Å². The Balaban J connectivity index is 0.00000261. The number of guanidine groups is 1. The minimum atomic E-state index is -0.948. The molecule has 27 heavy (non-hydrogen) atoms. The highest BCUT2D eigenvalue weighted by Gasteiger charge is 2.27. The number of rotatable bonds is 5. The predicted octanol–water partition coefficient (Wildman–Crippen LogP) is 2.60. The number of hydrogen-bond acceptors (Lipinski definition) is 4. The molecule has 146 valence electrons. The fraction of sp³-hybridized carbons (Fsp3) is 0.368. The van der Waals surface area contributed by atoms with Crippen molar-refractivity contribution in [3.8, 4) is 5.88 Å². The molecule has 8 heteroatoms. The molecule has 2 N–H and O–H groups in total. The first-order valence-corrected chi connectivity index (χ1v) is 8.63. The van der Waals surface area contributed by atoms with Gasteiger partial charge in [0, 0.05) is 44.4 Å². The Kier molecular flexibility index (Phi) is 8.23. The number of halogens is 2. The molecule has 0 aliphatic carbocycles.